The van der Waals surface area contributed by atoms with Gasteiger partial charge in [-0.1, -0.05) is 12.1 Å². The molecule has 7 heteroatoms. The first-order chi connectivity index (χ1) is 8.86. The number of benzene rings is 1. The van der Waals surface area contributed by atoms with E-state index in [1.165, 1.54) is 24.4 Å². The molecule has 0 saturated carbocycles. The van der Waals surface area contributed by atoms with Crippen LogP contribution in [0.15, 0.2) is 41.3 Å². The molecule has 0 atom stereocenters. The Labute approximate surface area is 111 Å². The minimum absolute atomic E-state index is 0.229. The van der Waals surface area contributed by atoms with E-state index in [0.29, 0.717) is 12.1 Å². The Hall–Kier alpha value is -1.89. The van der Waals surface area contributed by atoms with E-state index in [1.807, 2.05) is 0 Å². The molecule has 0 spiro atoms. The third kappa shape index (κ3) is 3.31. The normalized spacial score (nSPS) is 11.5. The van der Waals surface area contributed by atoms with Gasteiger partial charge in [0.1, 0.15) is 0 Å². The van der Waals surface area contributed by atoms with Crippen LogP contribution in [0.5, 0.6) is 0 Å². The maximum atomic E-state index is 12.4. The van der Waals surface area contributed by atoms with Crippen molar-refractivity contribution in [3.05, 3.63) is 62.8 Å². The number of hydrogen-bond donors (Lipinski definition) is 1. The van der Waals surface area contributed by atoms with E-state index in [4.69, 9.17) is 12.2 Å². The van der Waals surface area contributed by atoms with Gasteiger partial charge in [0.05, 0.1) is 5.56 Å². The van der Waals surface area contributed by atoms with E-state index in [1.54, 1.807) is 4.57 Å². The molecule has 19 heavy (non-hydrogen) atoms. The average molecular weight is 286 g/mol. The van der Waals surface area contributed by atoms with Crippen LogP contribution in [0.1, 0.15) is 11.1 Å². The van der Waals surface area contributed by atoms with Crippen LogP contribution >= 0.6 is 12.2 Å². The standard InChI is InChI=1S/C12H9F3N2OS/c13-12(14,15)9-3-1-8(2-4-9)7-17-6-5-10(18)16-11(17)19/h1-6H,7H2,(H,16,18,19). The maximum Gasteiger partial charge on any atom is 0.416 e. The number of hydrogen-bond acceptors (Lipinski definition) is 2. The lowest BCUT2D eigenvalue weighted by atomic mass is 10.1. The van der Waals surface area contributed by atoms with Crippen molar-refractivity contribution in [1.82, 2.24) is 9.55 Å². The zero-order valence-corrected chi connectivity index (χ0v) is 10.4. The fraction of sp³-hybridized carbons (Fsp3) is 0.167. The average Bonchev–Trinajstić information content (AvgIpc) is 2.32. The Morgan fingerprint density at radius 2 is 1.79 bits per heavy atom. The fourth-order valence-electron chi connectivity index (χ4n) is 1.56. The van der Waals surface area contributed by atoms with Gasteiger partial charge in [-0.05, 0) is 29.9 Å². The van der Waals surface area contributed by atoms with Crippen LogP contribution in [-0.4, -0.2) is 9.55 Å². The number of aromatic amines is 1. The van der Waals surface area contributed by atoms with Crippen LogP contribution in [-0.2, 0) is 12.7 Å². The van der Waals surface area contributed by atoms with Gasteiger partial charge in [-0.25, -0.2) is 0 Å². The fourth-order valence-corrected chi connectivity index (χ4v) is 1.79. The molecule has 0 unspecified atom stereocenters. The second-order valence-corrected chi connectivity index (χ2v) is 4.32. The number of H-pyrrole nitrogens is 1. The van der Waals surface area contributed by atoms with Gasteiger partial charge in [0, 0.05) is 18.8 Å². The van der Waals surface area contributed by atoms with E-state index >= 15 is 0 Å². The zero-order chi connectivity index (χ0) is 14.0. The van der Waals surface area contributed by atoms with Crippen LogP contribution in [0.3, 0.4) is 0 Å². The Kier molecular flexibility index (Phi) is 3.57. The molecule has 100 valence electrons. The molecule has 2 rings (SSSR count). The number of aromatic nitrogens is 2. The third-order valence-electron chi connectivity index (χ3n) is 2.53. The molecule has 0 radical (unpaired) electrons. The molecule has 0 bridgehead atoms. The molecule has 0 amide bonds. The smallest absolute Gasteiger partial charge is 0.321 e. The van der Waals surface area contributed by atoms with Gasteiger partial charge in [-0.2, -0.15) is 13.2 Å². The molecule has 1 aromatic carbocycles. The van der Waals surface area contributed by atoms with Gasteiger partial charge in [0.15, 0.2) is 4.77 Å². The molecule has 0 saturated heterocycles. The van der Waals surface area contributed by atoms with Crippen LogP contribution in [0.4, 0.5) is 13.2 Å². The Morgan fingerprint density at radius 1 is 1.16 bits per heavy atom. The SMILES string of the molecule is O=c1ccn(Cc2ccc(C(F)(F)F)cc2)c(=S)[nH]1. The van der Waals surface area contributed by atoms with Crippen LogP contribution in [0.2, 0.25) is 0 Å². The van der Waals surface area contributed by atoms with E-state index in [0.717, 1.165) is 12.1 Å². The minimum atomic E-state index is -4.34. The first kappa shape index (κ1) is 13.5. The predicted molar refractivity (Wildman–Crippen MR) is 66.4 cm³/mol. The topological polar surface area (TPSA) is 37.8 Å². The molecular weight excluding hydrogens is 277 g/mol. The summed E-state index contributed by atoms with van der Waals surface area (Å²) in [7, 11) is 0. The number of rotatable bonds is 2. The second kappa shape index (κ2) is 5.00. The molecule has 2 aromatic rings. The van der Waals surface area contributed by atoms with Gasteiger partial charge in [0.25, 0.3) is 5.56 Å². The van der Waals surface area contributed by atoms with Gasteiger partial charge < -0.3 is 4.57 Å². The van der Waals surface area contributed by atoms with Crippen LogP contribution in [0.25, 0.3) is 0 Å². The molecule has 1 heterocycles. The first-order valence-corrected chi connectivity index (χ1v) is 5.73. The summed E-state index contributed by atoms with van der Waals surface area (Å²) in [4.78, 5) is 13.4. The lowest BCUT2D eigenvalue weighted by Crippen LogP contribution is -2.12. The van der Waals surface area contributed by atoms with E-state index in [9.17, 15) is 18.0 Å². The van der Waals surface area contributed by atoms with Gasteiger partial charge in [-0.15, -0.1) is 0 Å². The van der Waals surface area contributed by atoms with E-state index in [-0.39, 0.29) is 10.3 Å². The highest BCUT2D eigenvalue weighted by Crippen LogP contribution is 2.29. The highest BCUT2D eigenvalue weighted by atomic mass is 32.1. The molecule has 1 N–H and O–H groups in total. The number of halogens is 3. The number of alkyl halides is 3. The summed E-state index contributed by atoms with van der Waals surface area (Å²) < 4.78 is 39.0. The molecule has 1 aromatic heterocycles. The minimum Gasteiger partial charge on any atom is -0.321 e. The molecule has 0 aliphatic rings. The third-order valence-corrected chi connectivity index (χ3v) is 2.87. The van der Waals surface area contributed by atoms with Crippen molar-refractivity contribution in [3.8, 4) is 0 Å². The molecule has 3 nitrogen and oxygen atoms in total. The van der Waals surface area contributed by atoms with Crippen molar-refractivity contribution in [2.45, 2.75) is 12.7 Å². The van der Waals surface area contributed by atoms with Crippen molar-refractivity contribution in [3.63, 3.8) is 0 Å². The Morgan fingerprint density at radius 3 is 2.32 bits per heavy atom. The summed E-state index contributed by atoms with van der Waals surface area (Å²) in [5.74, 6) is 0. The first-order valence-electron chi connectivity index (χ1n) is 5.32. The molecule has 0 fully saturated rings. The van der Waals surface area contributed by atoms with Crippen molar-refractivity contribution in [2.75, 3.05) is 0 Å². The van der Waals surface area contributed by atoms with Gasteiger partial charge in [-0.3, -0.25) is 9.78 Å². The molecule has 0 aliphatic carbocycles. The lowest BCUT2D eigenvalue weighted by molar-refractivity contribution is -0.137. The summed E-state index contributed by atoms with van der Waals surface area (Å²) in [6.45, 7) is 0.299. The van der Waals surface area contributed by atoms with Crippen LogP contribution in [0, 0.1) is 4.77 Å². The Balaban J connectivity index is 2.25. The highest BCUT2D eigenvalue weighted by Gasteiger charge is 2.29. The summed E-state index contributed by atoms with van der Waals surface area (Å²) in [6, 6.07) is 6.11. The molecule has 0 aliphatic heterocycles. The van der Waals surface area contributed by atoms with Gasteiger partial charge >= 0.3 is 6.18 Å². The monoisotopic (exact) mass is 286 g/mol. The van der Waals surface area contributed by atoms with Crippen molar-refractivity contribution in [1.29, 1.82) is 0 Å². The van der Waals surface area contributed by atoms with Crippen LogP contribution < -0.4 is 5.56 Å². The highest BCUT2D eigenvalue weighted by molar-refractivity contribution is 7.71. The largest absolute Gasteiger partial charge is 0.416 e. The van der Waals surface area contributed by atoms with Gasteiger partial charge in [0.2, 0.25) is 0 Å². The lowest BCUT2D eigenvalue weighted by Gasteiger charge is -2.09. The Bertz CT molecular complexity index is 686. The maximum absolute atomic E-state index is 12.4. The van der Waals surface area contributed by atoms with Crippen molar-refractivity contribution < 1.29 is 13.2 Å². The quantitative estimate of drug-likeness (QED) is 0.862. The van der Waals surface area contributed by atoms with E-state index in [2.05, 4.69) is 4.98 Å². The van der Waals surface area contributed by atoms with Crippen molar-refractivity contribution in [2.24, 2.45) is 0 Å². The van der Waals surface area contributed by atoms with Crippen molar-refractivity contribution >= 4 is 12.2 Å². The number of nitrogens with one attached hydrogen (secondary N) is 1. The van der Waals surface area contributed by atoms with E-state index < -0.39 is 11.7 Å². The zero-order valence-electron chi connectivity index (χ0n) is 9.57. The summed E-state index contributed by atoms with van der Waals surface area (Å²) in [5, 5.41) is 0. The summed E-state index contributed by atoms with van der Waals surface area (Å²) >= 11 is 4.95. The number of nitrogens with zero attached hydrogens (tertiary/aromatic N) is 1. The second-order valence-electron chi connectivity index (χ2n) is 3.93. The predicted octanol–water partition coefficient (Wildman–Crippen LogP) is 2.97. The summed E-state index contributed by atoms with van der Waals surface area (Å²) in [6.07, 6.45) is -2.84. The summed E-state index contributed by atoms with van der Waals surface area (Å²) in [5.41, 5.74) is -0.342. The molecular formula is C12H9F3N2OS.